The van der Waals surface area contributed by atoms with Crippen LogP contribution in [0.1, 0.15) is 18.3 Å². The summed E-state index contributed by atoms with van der Waals surface area (Å²) in [7, 11) is 1.57. The lowest BCUT2D eigenvalue weighted by Gasteiger charge is -2.12. The highest BCUT2D eigenvalue weighted by Crippen LogP contribution is 2.26. The van der Waals surface area contributed by atoms with Crippen molar-refractivity contribution < 1.29 is 14.3 Å². The number of methoxy groups -OCH3 is 1. The Kier molecular flexibility index (Phi) is 6.54. The summed E-state index contributed by atoms with van der Waals surface area (Å²) in [6.07, 6.45) is 0. The van der Waals surface area contributed by atoms with Gasteiger partial charge in [0.25, 0.3) is 0 Å². The molecule has 0 aliphatic rings. The first kappa shape index (κ1) is 19.8. The van der Waals surface area contributed by atoms with Gasteiger partial charge in [0, 0.05) is 0 Å². The zero-order valence-electron chi connectivity index (χ0n) is 15.9. The Hall–Kier alpha value is -3.00. The number of thioether (sulfide) groups is 1. The van der Waals surface area contributed by atoms with Gasteiger partial charge in [0.05, 0.1) is 18.0 Å². The second kappa shape index (κ2) is 9.27. The number of para-hydroxylation sites is 3. The van der Waals surface area contributed by atoms with E-state index in [0.29, 0.717) is 22.4 Å². The lowest BCUT2D eigenvalue weighted by Crippen LogP contribution is -2.22. The quantitative estimate of drug-likeness (QED) is 0.561. The van der Waals surface area contributed by atoms with Crippen LogP contribution in [0, 0.1) is 6.92 Å². The largest absolute Gasteiger partial charge is 0.495 e. The van der Waals surface area contributed by atoms with Crippen LogP contribution in [0.3, 0.4) is 0 Å². The first-order valence-corrected chi connectivity index (χ1v) is 9.65. The molecule has 3 rings (SSSR count). The number of hydrogen-bond acceptors (Lipinski definition) is 6. The zero-order chi connectivity index (χ0) is 19.9. The van der Waals surface area contributed by atoms with Gasteiger partial charge in [-0.25, -0.2) is 4.98 Å². The highest BCUT2D eigenvalue weighted by molar-refractivity contribution is 8.00. The number of aryl methyl sites for hydroxylation is 1. The van der Waals surface area contributed by atoms with E-state index in [9.17, 15) is 4.79 Å². The molecule has 146 valence electrons. The monoisotopic (exact) mass is 398 g/mol. The van der Waals surface area contributed by atoms with Crippen LogP contribution in [0.5, 0.6) is 11.5 Å². The van der Waals surface area contributed by atoms with Crippen molar-refractivity contribution in [3.8, 4) is 11.5 Å². The molecule has 0 saturated heterocycles. The molecule has 1 atom stereocenters. The SMILES string of the molecule is COc1ccccc1NC(=O)[C@@H](C)Sc1n[nH]c(COc2ccccc2C)n1. The number of aromatic amines is 1. The number of aromatic nitrogens is 3. The molecule has 0 radical (unpaired) electrons. The van der Waals surface area contributed by atoms with Gasteiger partial charge in [-0.1, -0.05) is 42.1 Å². The number of ether oxygens (including phenoxy) is 2. The number of amides is 1. The lowest BCUT2D eigenvalue weighted by molar-refractivity contribution is -0.115. The average Bonchev–Trinajstić information content (AvgIpc) is 3.15. The van der Waals surface area contributed by atoms with E-state index in [1.54, 1.807) is 26.2 Å². The van der Waals surface area contributed by atoms with Crippen LogP contribution in [-0.2, 0) is 11.4 Å². The van der Waals surface area contributed by atoms with Crippen LogP contribution < -0.4 is 14.8 Å². The Balaban J connectivity index is 1.55. The molecule has 0 spiro atoms. The van der Waals surface area contributed by atoms with Gasteiger partial charge in [0.15, 0.2) is 5.82 Å². The fourth-order valence-corrected chi connectivity index (χ4v) is 3.20. The minimum Gasteiger partial charge on any atom is -0.495 e. The molecule has 28 heavy (non-hydrogen) atoms. The first-order chi connectivity index (χ1) is 13.6. The zero-order valence-corrected chi connectivity index (χ0v) is 16.7. The summed E-state index contributed by atoms with van der Waals surface area (Å²) in [4.78, 5) is 16.8. The summed E-state index contributed by atoms with van der Waals surface area (Å²) in [5.74, 6) is 1.86. The van der Waals surface area contributed by atoms with E-state index in [1.165, 1.54) is 11.8 Å². The van der Waals surface area contributed by atoms with Crippen molar-refractivity contribution in [1.82, 2.24) is 15.2 Å². The van der Waals surface area contributed by atoms with Crippen molar-refractivity contribution >= 4 is 23.4 Å². The lowest BCUT2D eigenvalue weighted by atomic mass is 10.2. The number of nitrogens with one attached hydrogen (secondary N) is 2. The minimum atomic E-state index is -0.383. The summed E-state index contributed by atoms with van der Waals surface area (Å²) in [5.41, 5.74) is 1.68. The molecule has 0 fully saturated rings. The molecule has 2 N–H and O–H groups in total. The van der Waals surface area contributed by atoms with Crippen molar-refractivity contribution in [3.05, 3.63) is 59.9 Å². The van der Waals surface area contributed by atoms with Crippen LogP contribution in [0.25, 0.3) is 0 Å². The number of hydrogen-bond donors (Lipinski definition) is 2. The number of benzene rings is 2. The van der Waals surface area contributed by atoms with Crippen LogP contribution in [0.2, 0.25) is 0 Å². The fourth-order valence-electron chi connectivity index (χ4n) is 2.45. The molecule has 1 heterocycles. The van der Waals surface area contributed by atoms with Crippen LogP contribution in [0.15, 0.2) is 53.7 Å². The molecule has 0 saturated carbocycles. The number of H-pyrrole nitrogens is 1. The van der Waals surface area contributed by atoms with Gasteiger partial charge in [0.2, 0.25) is 11.1 Å². The van der Waals surface area contributed by atoms with Crippen molar-refractivity contribution in [2.75, 3.05) is 12.4 Å². The van der Waals surface area contributed by atoms with E-state index in [4.69, 9.17) is 9.47 Å². The molecule has 3 aromatic rings. The van der Waals surface area contributed by atoms with Crippen molar-refractivity contribution in [3.63, 3.8) is 0 Å². The summed E-state index contributed by atoms with van der Waals surface area (Å²) >= 11 is 1.27. The van der Waals surface area contributed by atoms with E-state index < -0.39 is 0 Å². The molecule has 0 bridgehead atoms. The average molecular weight is 398 g/mol. The van der Waals surface area contributed by atoms with Crippen LogP contribution >= 0.6 is 11.8 Å². The van der Waals surface area contributed by atoms with E-state index in [0.717, 1.165) is 11.3 Å². The smallest absolute Gasteiger partial charge is 0.237 e. The topological polar surface area (TPSA) is 89.1 Å². The summed E-state index contributed by atoms with van der Waals surface area (Å²) in [6.45, 7) is 4.06. The normalized spacial score (nSPS) is 11.7. The Morgan fingerprint density at radius 3 is 2.64 bits per heavy atom. The predicted molar refractivity (Wildman–Crippen MR) is 109 cm³/mol. The number of rotatable bonds is 8. The molecule has 2 aromatic carbocycles. The summed E-state index contributed by atoms with van der Waals surface area (Å²) in [5, 5.41) is 9.98. The number of anilines is 1. The second-order valence-corrected chi connectivity index (χ2v) is 7.38. The first-order valence-electron chi connectivity index (χ1n) is 8.77. The highest BCUT2D eigenvalue weighted by atomic mass is 32.2. The highest BCUT2D eigenvalue weighted by Gasteiger charge is 2.18. The van der Waals surface area contributed by atoms with Crippen LogP contribution in [0.4, 0.5) is 5.69 Å². The van der Waals surface area contributed by atoms with Gasteiger partial charge in [-0.2, -0.15) is 0 Å². The van der Waals surface area contributed by atoms with Crippen molar-refractivity contribution in [2.24, 2.45) is 0 Å². The van der Waals surface area contributed by atoms with Gasteiger partial charge in [-0.15, -0.1) is 5.10 Å². The van der Waals surface area contributed by atoms with Crippen molar-refractivity contribution in [2.45, 2.75) is 30.9 Å². The third-order valence-electron chi connectivity index (χ3n) is 3.99. The molecule has 7 nitrogen and oxygen atoms in total. The van der Waals surface area contributed by atoms with Crippen molar-refractivity contribution in [1.29, 1.82) is 0 Å². The molecule has 0 unspecified atom stereocenters. The standard InChI is InChI=1S/C20H22N4O3S/c1-13-8-4-6-10-16(13)27-12-18-22-20(24-23-18)28-14(2)19(25)21-15-9-5-7-11-17(15)26-3/h4-11,14H,12H2,1-3H3,(H,21,25)(H,22,23,24)/t14-/m1/s1. The molecular weight excluding hydrogens is 376 g/mol. The van der Waals surface area contributed by atoms with Gasteiger partial charge in [0.1, 0.15) is 18.1 Å². The number of carbonyl (C=O) groups is 1. The number of nitrogens with zero attached hydrogens (tertiary/aromatic N) is 2. The van der Waals surface area contributed by atoms with Gasteiger partial charge >= 0.3 is 0 Å². The minimum absolute atomic E-state index is 0.156. The Bertz CT molecular complexity index is 944. The maximum Gasteiger partial charge on any atom is 0.237 e. The molecular formula is C20H22N4O3S. The Labute approximate surface area is 167 Å². The molecule has 0 aliphatic heterocycles. The van der Waals surface area contributed by atoms with E-state index in [1.807, 2.05) is 43.3 Å². The maximum atomic E-state index is 12.5. The van der Waals surface area contributed by atoms with Gasteiger partial charge in [-0.05, 0) is 37.6 Å². The van der Waals surface area contributed by atoms with Crippen LogP contribution in [-0.4, -0.2) is 33.4 Å². The summed E-state index contributed by atoms with van der Waals surface area (Å²) in [6, 6.07) is 15.1. The molecule has 1 aromatic heterocycles. The molecule has 1 amide bonds. The predicted octanol–water partition coefficient (Wildman–Crippen LogP) is 3.82. The van der Waals surface area contributed by atoms with E-state index in [2.05, 4.69) is 20.5 Å². The summed E-state index contributed by atoms with van der Waals surface area (Å²) < 4.78 is 11.0. The van der Waals surface area contributed by atoms with E-state index in [-0.39, 0.29) is 17.8 Å². The Morgan fingerprint density at radius 2 is 1.89 bits per heavy atom. The molecule has 0 aliphatic carbocycles. The fraction of sp³-hybridized carbons (Fsp3) is 0.250. The van der Waals surface area contributed by atoms with Gasteiger partial charge in [-0.3, -0.25) is 9.89 Å². The molecule has 8 heteroatoms. The maximum absolute atomic E-state index is 12.5. The second-order valence-electron chi connectivity index (χ2n) is 6.07. The third kappa shape index (κ3) is 5.04. The number of carbonyl (C=O) groups excluding carboxylic acids is 1. The van der Waals surface area contributed by atoms with E-state index >= 15 is 0 Å². The third-order valence-corrected chi connectivity index (χ3v) is 4.95. The van der Waals surface area contributed by atoms with Gasteiger partial charge < -0.3 is 14.8 Å². The Morgan fingerprint density at radius 1 is 1.18 bits per heavy atom.